The standard InChI is InChI=1S/C13H21N3S/c1-3-11-9-16(6-7-17-11)13-12(8-14)10(2)4-5-15-13/h4-5,11H,3,6-9,14H2,1-2H3. The van der Waals surface area contributed by atoms with Crippen LogP contribution < -0.4 is 10.6 Å². The first-order valence-electron chi connectivity index (χ1n) is 6.27. The number of rotatable bonds is 3. The van der Waals surface area contributed by atoms with Gasteiger partial charge in [0.25, 0.3) is 0 Å². The Morgan fingerprint density at radius 1 is 1.59 bits per heavy atom. The molecule has 1 aromatic heterocycles. The Morgan fingerprint density at radius 2 is 2.41 bits per heavy atom. The van der Waals surface area contributed by atoms with E-state index in [1.807, 2.05) is 12.3 Å². The van der Waals surface area contributed by atoms with Gasteiger partial charge in [0, 0.05) is 42.4 Å². The number of nitrogens with two attached hydrogens (primary N) is 1. The lowest BCUT2D eigenvalue weighted by molar-refractivity contribution is 0.715. The molecule has 1 aliphatic heterocycles. The topological polar surface area (TPSA) is 42.2 Å². The average molecular weight is 251 g/mol. The number of pyridine rings is 1. The van der Waals surface area contributed by atoms with Crippen molar-refractivity contribution in [1.29, 1.82) is 0 Å². The molecule has 1 atom stereocenters. The van der Waals surface area contributed by atoms with Crippen LogP contribution in [0.1, 0.15) is 24.5 Å². The van der Waals surface area contributed by atoms with E-state index in [4.69, 9.17) is 5.73 Å². The third-order valence-corrected chi connectivity index (χ3v) is 4.74. The number of hydrogen-bond acceptors (Lipinski definition) is 4. The van der Waals surface area contributed by atoms with E-state index in [1.54, 1.807) is 0 Å². The van der Waals surface area contributed by atoms with Crippen molar-refractivity contribution >= 4 is 17.6 Å². The van der Waals surface area contributed by atoms with Crippen LogP contribution in [0, 0.1) is 6.92 Å². The van der Waals surface area contributed by atoms with Gasteiger partial charge >= 0.3 is 0 Å². The molecule has 1 unspecified atom stereocenters. The fourth-order valence-corrected chi connectivity index (χ4v) is 3.44. The number of aromatic nitrogens is 1. The molecule has 0 saturated carbocycles. The second-order valence-corrected chi connectivity index (χ2v) is 5.89. The van der Waals surface area contributed by atoms with Crippen LogP contribution in [0.4, 0.5) is 5.82 Å². The van der Waals surface area contributed by atoms with Gasteiger partial charge in [0.15, 0.2) is 0 Å². The van der Waals surface area contributed by atoms with Crippen molar-refractivity contribution in [3.8, 4) is 0 Å². The normalized spacial score (nSPS) is 20.6. The van der Waals surface area contributed by atoms with Crippen LogP contribution in [-0.2, 0) is 6.54 Å². The summed E-state index contributed by atoms with van der Waals surface area (Å²) in [5.74, 6) is 2.30. The number of aryl methyl sites for hydroxylation is 1. The predicted octanol–water partition coefficient (Wildman–Crippen LogP) is 2.18. The van der Waals surface area contributed by atoms with Crippen molar-refractivity contribution in [2.45, 2.75) is 32.1 Å². The van der Waals surface area contributed by atoms with Crippen LogP contribution in [0.2, 0.25) is 0 Å². The predicted molar refractivity (Wildman–Crippen MR) is 75.6 cm³/mol. The van der Waals surface area contributed by atoms with Gasteiger partial charge < -0.3 is 10.6 Å². The van der Waals surface area contributed by atoms with Crippen LogP contribution in [-0.4, -0.2) is 29.1 Å². The van der Waals surface area contributed by atoms with Gasteiger partial charge in [0.2, 0.25) is 0 Å². The van der Waals surface area contributed by atoms with Crippen LogP contribution in [0.15, 0.2) is 12.3 Å². The lowest BCUT2D eigenvalue weighted by Crippen LogP contribution is -2.39. The van der Waals surface area contributed by atoms with Gasteiger partial charge in [-0.25, -0.2) is 4.98 Å². The molecule has 4 heteroatoms. The quantitative estimate of drug-likeness (QED) is 0.894. The molecule has 2 N–H and O–H groups in total. The highest BCUT2D eigenvalue weighted by Crippen LogP contribution is 2.27. The highest BCUT2D eigenvalue weighted by atomic mass is 32.2. The Morgan fingerprint density at radius 3 is 3.12 bits per heavy atom. The van der Waals surface area contributed by atoms with Crippen molar-refractivity contribution in [3.05, 3.63) is 23.4 Å². The van der Waals surface area contributed by atoms with Crippen LogP contribution >= 0.6 is 11.8 Å². The molecule has 2 heterocycles. The summed E-state index contributed by atoms with van der Waals surface area (Å²) in [5.41, 5.74) is 8.31. The number of thioether (sulfide) groups is 1. The van der Waals surface area contributed by atoms with E-state index < -0.39 is 0 Å². The van der Waals surface area contributed by atoms with Gasteiger partial charge in [0.05, 0.1) is 0 Å². The summed E-state index contributed by atoms with van der Waals surface area (Å²) in [7, 11) is 0. The molecule has 94 valence electrons. The first-order valence-corrected chi connectivity index (χ1v) is 7.32. The van der Waals surface area contributed by atoms with Crippen LogP contribution in [0.25, 0.3) is 0 Å². The Bertz CT molecular complexity index is 381. The van der Waals surface area contributed by atoms with Gasteiger partial charge in [0.1, 0.15) is 5.82 Å². The van der Waals surface area contributed by atoms with Gasteiger partial charge in [-0.3, -0.25) is 0 Å². The van der Waals surface area contributed by atoms with E-state index in [0.717, 1.165) is 24.2 Å². The minimum absolute atomic E-state index is 0.579. The lowest BCUT2D eigenvalue weighted by Gasteiger charge is -2.34. The Kier molecular flexibility index (Phi) is 4.29. The summed E-state index contributed by atoms with van der Waals surface area (Å²) in [6, 6.07) is 2.04. The third-order valence-electron chi connectivity index (χ3n) is 3.37. The Balaban J connectivity index is 2.24. The van der Waals surface area contributed by atoms with Crippen molar-refractivity contribution in [2.75, 3.05) is 23.7 Å². The minimum atomic E-state index is 0.579. The lowest BCUT2D eigenvalue weighted by atomic mass is 10.1. The molecule has 2 rings (SSSR count). The molecule has 0 spiro atoms. The molecule has 3 nitrogen and oxygen atoms in total. The van der Waals surface area contributed by atoms with Gasteiger partial charge in [-0.05, 0) is 25.0 Å². The fraction of sp³-hybridized carbons (Fsp3) is 0.615. The highest BCUT2D eigenvalue weighted by Gasteiger charge is 2.22. The molecule has 0 bridgehead atoms. The van der Waals surface area contributed by atoms with Crippen molar-refractivity contribution in [1.82, 2.24) is 4.98 Å². The van der Waals surface area contributed by atoms with Crippen molar-refractivity contribution < 1.29 is 0 Å². The molecule has 1 fully saturated rings. The summed E-state index contributed by atoms with van der Waals surface area (Å²) in [6.45, 7) is 7.14. The molecule has 1 aliphatic rings. The number of hydrogen-bond donors (Lipinski definition) is 1. The largest absolute Gasteiger partial charge is 0.354 e. The molecular formula is C13H21N3S. The summed E-state index contributed by atoms with van der Waals surface area (Å²) in [4.78, 5) is 6.94. The molecule has 17 heavy (non-hydrogen) atoms. The summed E-state index contributed by atoms with van der Waals surface area (Å²) in [6.07, 6.45) is 3.12. The molecule has 0 aromatic carbocycles. The zero-order chi connectivity index (χ0) is 12.3. The molecule has 1 aromatic rings. The van der Waals surface area contributed by atoms with E-state index >= 15 is 0 Å². The molecule has 0 radical (unpaired) electrons. The maximum Gasteiger partial charge on any atom is 0.133 e. The molecule has 1 saturated heterocycles. The van der Waals surface area contributed by atoms with Crippen LogP contribution in [0.3, 0.4) is 0 Å². The van der Waals surface area contributed by atoms with E-state index in [1.165, 1.54) is 23.3 Å². The Labute approximate surface area is 108 Å². The molecule has 0 aliphatic carbocycles. The summed E-state index contributed by atoms with van der Waals surface area (Å²) >= 11 is 2.08. The minimum Gasteiger partial charge on any atom is -0.354 e. The van der Waals surface area contributed by atoms with Crippen molar-refractivity contribution in [3.63, 3.8) is 0 Å². The van der Waals surface area contributed by atoms with E-state index in [2.05, 4.69) is 35.5 Å². The maximum atomic E-state index is 5.85. The first-order chi connectivity index (χ1) is 8.26. The fourth-order valence-electron chi connectivity index (χ4n) is 2.26. The van der Waals surface area contributed by atoms with Crippen molar-refractivity contribution in [2.24, 2.45) is 5.73 Å². The van der Waals surface area contributed by atoms with Gasteiger partial charge in [-0.1, -0.05) is 6.92 Å². The van der Waals surface area contributed by atoms with Crippen LogP contribution in [0.5, 0.6) is 0 Å². The summed E-state index contributed by atoms with van der Waals surface area (Å²) < 4.78 is 0. The van der Waals surface area contributed by atoms with E-state index in [0.29, 0.717) is 6.54 Å². The monoisotopic (exact) mass is 251 g/mol. The smallest absolute Gasteiger partial charge is 0.133 e. The second-order valence-electron chi connectivity index (χ2n) is 4.48. The summed E-state index contributed by atoms with van der Waals surface area (Å²) in [5, 5.41) is 0.733. The van der Waals surface area contributed by atoms with Gasteiger partial charge in [-0.2, -0.15) is 11.8 Å². The van der Waals surface area contributed by atoms with E-state index in [9.17, 15) is 0 Å². The molecular weight excluding hydrogens is 230 g/mol. The van der Waals surface area contributed by atoms with Gasteiger partial charge in [-0.15, -0.1) is 0 Å². The van der Waals surface area contributed by atoms with E-state index in [-0.39, 0.29) is 0 Å². The number of nitrogens with zero attached hydrogens (tertiary/aromatic N) is 2. The second kappa shape index (κ2) is 5.74. The Hall–Kier alpha value is -0.740. The zero-order valence-electron chi connectivity index (χ0n) is 10.6. The third kappa shape index (κ3) is 2.75. The SMILES string of the molecule is CCC1CN(c2nccc(C)c2CN)CCS1. The maximum absolute atomic E-state index is 5.85. The zero-order valence-corrected chi connectivity index (χ0v) is 11.5. The highest BCUT2D eigenvalue weighted by molar-refractivity contribution is 8.00. The number of anilines is 1. The average Bonchev–Trinajstić information content (AvgIpc) is 2.38. The molecule has 0 amide bonds. The first kappa shape index (κ1) is 12.7.